The largest absolute Gasteiger partial charge is 0.465 e. The van der Waals surface area contributed by atoms with E-state index < -0.39 is 5.60 Å². The molecule has 1 unspecified atom stereocenters. The van der Waals surface area contributed by atoms with Crippen molar-refractivity contribution >= 4 is 11.6 Å². The zero-order chi connectivity index (χ0) is 18.1. The third-order valence-electron chi connectivity index (χ3n) is 4.86. The second-order valence-corrected chi connectivity index (χ2v) is 7.10. The summed E-state index contributed by atoms with van der Waals surface area (Å²) in [5.41, 5.74) is 0.236. The van der Waals surface area contributed by atoms with Gasteiger partial charge in [0, 0.05) is 26.3 Å². The van der Waals surface area contributed by atoms with Crippen molar-refractivity contribution < 1.29 is 18.7 Å². The van der Waals surface area contributed by atoms with E-state index in [1.807, 2.05) is 32.3 Å². The molecule has 26 heavy (non-hydrogen) atoms. The number of rotatable bonds is 3. The highest BCUT2D eigenvalue weighted by molar-refractivity contribution is 5.94. The van der Waals surface area contributed by atoms with E-state index in [1.165, 1.54) is 0 Å². The van der Waals surface area contributed by atoms with Crippen molar-refractivity contribution in [3.63, 3.8) is 0 Å². The highest BCUT2D eigenvalue weighted by Crippen LogP contribution is 2.27. The van der Waals surface area contributed by atoms with Crippen LogP contribution in [0.3, 0.4) is 0 Å². The molecule has 140 valence electrons. The van der Waals surface area contributed by atoms with E-state index in [-0.39, 0.29) is 12.5 Å². The van der Waals surface area contributed by atoms with Gasteiger partial charge in [-0.3, -0.25) is 14.4 Å². The zero-order valence-corrected chi connectivity index (χ0v) is 15.2. The molecule has 0 N–H and O–H groups in total. The van der Waals surface area contributed by atoms with E-state index in [1.54, 1.807) is 15.8 Å². The molecule has 0 aliphatic carbocycles. The van der Waals surface area contributed by atoms with Crippen LogP contribution < -0.4 is 4.90 Å². The first-order valence-corrected chi connectivity index (χ1v) is 8.81. The van der Waals surface area contributed by atoms with Crippen LogP contribution in [-0.4, -0.2) is 65.6 Å². The molecule has 0 aromatic carbocycles. The number of carbonyl (C=O) groups is 1. The maximum Gasteiger partial charge on any atom is 0.253 e. The van der Waals surface area contributed by atoms with Gasteiger partial charge in [0.1, 0.15) is 23.7 Å². The van der Waals surface area contributed by atoms with Crippen LogP contribution in [0.4, 0.5) is 5.69 Å². The predicted octanol–water partition coefficient (Wildman–Crippen LogP) is 0.956. The Kier molecular flexibility index (Phi) is 4.56. The number of aryl methyl sites for hydroxylation is 2. The Morgan fingerprint density at radius 2 is 2.19 bits per heavy atom. The number of carbonyl (C=O) groups excluding carboxylic acids is 1. The summed E-state index contributed by atoms with van der Waals surface area (Å²) >= 11 is 0. The molecule has 0 radical (unpaired) electrons. The Morgan fingerprint density at radius 1 is 1.31 bits per heavy atom. The molecule has 4 heterocycles. The number of ether oxygens (including phenoxy) is 2. The van der Waals surface area contributed by atoms with E-state index >= 15 is 0 Å². The lowest BCUT2D eigenvalue weighted by Crippen LogP contribution is -2.60. The van der Waals surface area contributed by atoms with E-state index in [0.29, 0.717) is 32.8 Å². The van der Waals surface area contributed by atoms with Crippen LogP contribution in [0.15, 0.2) is 28.9 Å². The normalized spacial score (nSPS) is 25.0. The van der Waals surface area contributed by atoms with Gasteiger partial charge in [0.25, 0.3) is 5.91 Å². The van der Waals surface area contributed by atoms with Crippen molar-refractivity contribution in [2.75, 3.05) is 44.4 Å². The Labute approximate surface area is 152 Å². The minimum absolute atomic E-state index is 0.0476. The first kappa shape index (κ1) is 17.3. The lowest BCUT2D eigenvalue weighted by Gasteiger charge is -2.42. The minimum Gasteiger partial charge on any atom is -0.465 e. The molecule has 4 rings (SSSR count). The maximum absolute atomic E-state index is 12.4. The second-order valence-electron chi connectivity index (χ2n) is 7.10. The smallest absolute Gasteiger partial charge is 0.253 e. The Hall–Kier alpha value is -2.16. The molecule has 0 saturated carbocycles. The number of hydrogen-bond donors (Lipinski definition) is 0. The first-order valence-electron chi connectivity index (χ1n) is 8.81. The average Bonchev–Trinajstić information content (AvgIpc) is 3.16. The second kappa shape index (κ2) is 6.86. The highest BCUT2D eigenvalue weighted by Gasteiger charge is 2.43. The maximum atomic E-state index is 12.4. The molecule has 2 aliphatic heterocycles. The molecule has 1 atom stereocenters. The van der Waals surface area contributed by atoms with Crippen molar-refractivity contribution in [1.82, 2.24) is 14.7 Å². The molecule has 2 aliphatic rings. The molecule has 0 bridgehead atoms. The number of furan rings is 1. The SMILES string of the molecule is Cc1ccc(CN2CCOCC3(C2)CN(c2cnn(C)c2)C(=O)CO3)o1. The van der Waals surface area contributed by atoms with Crippen LogP contribution in [0.25, 0.3) is 0 Å². The summed E-state index contributed by atoms with van der Waals surface area (Å²) in [7, 11) is 1.84. The standard InChI is InChI=1S/C18H24N4O4/c1-14-3-4-16(26-14)9-21-5-6-24-13-18(11-21)12-22(17(23)10-25-18)15-7-19-20(2)8-15/h3-4,7-8H,5-6,9-13H2,1-2H3. The number of aromatic nitrogens is 2. The van der Waals surface area contributed by atoms with Crippen LogP contribution in [-0.2, 0) is 27.9 Å². The van der Waals surface area contributed by atoms with Gasteiger partial charge in [-0.2, -0.15) is 5.10 Å². The van der Waals surface area contributed by atoms with Crippen molar-refractivity contribution in [3.8, 4) is 0 Å². The van der Waals surface area contributed by atoms with Crippen LogP contribution in [0.1, 0.15) is 11.5 Å². The van der Waals surface area contributed by atoms with Crippen molar-refractivity contribution in [3.05, 3.63) is 36.0 Å². The summed E-state index contributed by atoms with van der Waals surface area (Å²) in [5, 5.41) is 4.18. The van der Waals surface area contributed by atoms with E-state index in [0.717, 1.165) is 23.8 Å². The Morgan fingerprint density at radius 3 is 2.92 bits per heavy atom. The topological polar surface area (TPSA) is 73.0 Å². The molecular weight excluding hydrogens is 336 g/mol. The third-order valence-corrected chi connectivity index (χ3v) is 4.86. The number of hydrogen-bond acceptors (Lipinski definition) is 6. The molecule has 2 aromatic rings. The molecule has 2 aromatic heterocycles. The van der Waals surface area contributed by atoms with Gasteiger partial charge in [-0.15, -0.1) is 0 Å². The number of amides is 1. The summed E-state index contributed by atoms with van der Waals surface area (Å²) in [4.78, 5) is 16.4. The lowest BCUT2D eigenvalue weighted by atomic mass is 10.0. The van der Waals surface area contributed by atoms with Gasteiger partial charge in [-0.1, -0.05) is 0 Å². The minimum atomic E-state index is -0.554. The summed E-state index contributed by atoms with van der Waals surface area (Å²) < 4.78 is 19.3. The third kappa shape index (κ3) is 3.53. The molecule has 2 fully saturated rings. The van der Waals surface area contributed by atoms with Crippen molar-refractivity contribution in [2.45, 2.75) is 19.1 Å². The predicted molar refractivity (Wildman–Crippen MR) is 93.8 cm³/mol. The zero-order valence-electron chi connectivity index (χ0n) is 15.2. The fourth-order valence-electron chi connectivity index (χ4n) is 3.59. The van der Waals surface area contributed by atoms with Crippen LogP contribution in [0, 0.1) is 6.92 Å². The highest BCUT2D eigenvalue weighted by atomic mass is 16.6. The first-order chi connectivity index (χ1) is 12.5. The fourth-order valence-corrected chi connectivity index (χ4v) is 3.59. The number of nitrogens with zero attached hydrogens (tertiary/aromatic N) is 4. The van der Waals surface area contributed by atoms with E-state index in [4.69, 9.17) is 13.9 Å². The van der Waals surface area contributed by atoms with Gasteiger partial charge >= 0.3 is 0 Å². The van der Waals surface area contributed by atoms with Gasteiger partial charge < -0.3 is 18.8 Å². The number of anilines is 1. The molecule has 8 heteroatoms. The lowest BCUT2D eigenvalue weighted by molar-refractivity contribution is -0.146. The molecule has 8 nitrogen and oxygen atoms in total. The average molecular weight is 360 g/mol. The van der Waals surface area contributed by atoms with Crippen LogP contribution >= 0.6 is 0 Å². The monoisotopic (exact) mass is 360 g/mol. The van der Waals surface area contributed by atoms with Gasteiger partial charge in [0.05, 0.1) is 38.2 Å². The van der Waals surface area contributed by atoms with Crippen LogP contribution in [0.2, 0.25) is 0 Å². The summed E-state index contributed by atoms with van der Waals surface area (Å²) in [6, 6.07) is 3.97. The molecular formula is C18H24N4O4. The fraction of sp³-hybridized carbons (Fsp3) is 0.556. The van der Waals surface area contributed by atoms with E-state index in [2.05, 4.69) is 10.00 Å². The quantitative estimate of drug-likeness (QED) is 0.812. The Bertz CT molecular complexity index is 786. The van der Waals surface area contributed by atoms with Crippen LogP contribution in [0.5, 0.6) is 0 Å². The van der Waals surface area contributed by atoms with Gasteiger partial charge in [0.15, 0.2) is 0 Å². The molecule has 2 saturated heterocycles. The van der Waals surface area contributed by atoms with Gasteiger partial charge in [0.2, 0.25) is 0 Å². The van der Waals surface area contributed by atoms with Gasteiger partial charge in [-0.25, -0.2) is 0 Å². The van der Waals surface area contributed by atoms with E-state index in [9.17, 15) is 4.79 Å². The summed E-state index contributed by atoms with van der Waals surface area (Å²) in [6.45, 7) is 5.71. The van der Waals surface area contributed by atoms with Gasteiger partial charge in [-0.05, 0) is 19.1 Å². The van der Waals surface area contributed by atoms with Crippen molar-refractivity contribution in [1.29, 1.82) is 0 Å². The molecule has 1 amide bonds. The Balaban J connectivity index is 1.52. The molecule has 1 spiro atoms. The van der Waals surface area contributed by atoms with Crippen molar-refractivity contribution in [2.24, 2.45) is 7.05 Å². The summed E-state index contributed by atoms with van der Waals surface area (Å²) in [5.74, 6) is 1.78. The summed E-state index contributed by atoms with van der Waals surface area (Å²) in [6.07, 6.45) is 3.55. The number of morpholine rings is 1.